The number of rotatable bonds is 4. The van der Waals surface area contributed by atoms with Crippen molar-refractivity contribution in [2.24, 2.45) is 5.73 Å². The molecule has 5 nitrogen and oxygen atoms in total. The standard InChI is InChI=1S/C17H19N3O2S/c18-17(22)19-11-12-5-7-13(8-6-12)16(21)20-9-1-3-14(20)15-4-2-10-23-15/h2,4-8,10,14H,1,3,9,11H2,(H3,18,19,22)/t14-/m0/s1. The number of carbonyl (C=O) groups excluding carboxylic acids is 2. The Balaban J connectivity index is 1.71. The second-order valence-corrected chi connectivity index (χ2v) is 6.57. The molecule has 6 heteroatoms. The first kappa shape index (κ1) is 15.6. The average molecular weight is 329 g/mol. The fourth-order valence-corrected chi connectivity index (χ4v) is 3.78. The summed E-state index contributed by atoms with van der Waals surface area (Å²) in [5, 5.41) is 4.59. The lowest BCUT2D eigenvalue weighted by molar-refractivity contribution is 0.0738. The Morgan fingerprint density at radius 2 is 2.04 bits per heavy atom. The van der Waals surface area contributed by atoms with Crippen LogP contribution in [0.4, 0.5) is 4.79 Å². The maximum atomic E-state index is 12.8. The number of likely N-dealkylation sites (tertiary alicyclic amines) is 1. The summed E-state index contributed by atoms with van der Waals surface area (Å²) in [6, 6.07) is 11.1. The van der Waals surface area contributed by atoms with E-state index in [2.05, 4.69) is 16.8 Å². The SMILES string of the molecule is NC(=O)NCc1ccc(C(=O)N2CCC[C@H]2c2cccs2)cc1. The summed E-state index contributed by atoms with van der Waals surface area (Å²) in [5.41, 5.74) is 6.64. The lowest BCUT2D eigenvalue weighted by atomic mass is 10.1. The Labute approximate surface area is 139 Å². The van der Waals surface area contributed by atoms with Gasteiger partial charge >= 0.3 is 6.03 Å². The number of nitrogens with two attached hydrogens (primary N) is 1. The highest BCUT2D eigenvalue weighted by Gasteiger charge is 2.31. The van der Waals surface area contributed by atoms with E-state index in [4.69, 9.17) is 5.73 Å². The van der Waals surface area contributed by atoms with Crippen LogP contribution in [0.1, 0.15) is 39.7 Å². The van der Waals surface area contributed by atoms with Crippen LogP contribution in [0.25, 0.3) is 0 Å². The minimum atomic E-state index is -0.555. The molecule has 0 bridgehead atoms. The monoisotopic (exact) mass is 329 g/mol. The first-order valence-corrected chi connectivity index (χ1v) is 8.50. The Kier molecular flexibility index (Phi) is 4.62. The second-order valence-electron chi connectivity index (χ2n) is 5.59. The topological polar surface area (TPSA) is 75.4 Å². The molecule has 1 fully saturated rings. The number of benzene rings is 1. The highest BCUT2D eigenvalue weighted by molar-refractivity contribution is 7.10. The molecule has 1 aromatic heterocycles. The number of carbonyl (C=O) groups is 2. The molecule has 23 heavy (non-hydrogen) atoms. The van der Waals surface area contributed by atoms with E-state index in [1.807, 2.05) is 35.2 Å². The third-order valence-electron chi connectivity index (χ3n) is 4.05. The number of thiophene rings is 1. The average Bonchev–Trinajstić information content (AvgIpc) is 3.23. The van der Waals surface area contributed by atoms with Crippen molar-refractivity contribution in [2.75, 3.05) is 6.54 Å². The van der Waals surface area contributed by atoms with E-state index in [0.29, 0.717) is 12.1 Å². The summed E-state index contributed by atoms with van der Waals surface area (Å²) in [7, 11) is 0. The number of hydrogen-bond acceptors (Lipinski definition) is 3. The zero-order chi connectivity index (χ0) is 16.2. The Bertz CT molecular complexity index is 682. The Morgan fingerprint density at radius 1 is 1.26 bits per heavy atom. The van der Waals surface area contributed by atoms with Gasteiger partial charge in [0.2, 0.25) is 0 Å². The third kappa shape index (κ3) is 3.53. The summed E-state index contributed by atoms with van der Waals surface area (Å²) < 4.78 is 0. The van der Waals surface area contributed by atoms with Crippen LogP contribution in [-0.2, 0) is 6.54 Å². The third-order valence-corrected chi connectivity index (χ3v) is 5.03. The predicted molar refractivity (Wildman–Crippen MR) is 90.2 cm³/mol. The summed E-state index contributed by atoms with van der Waals surface area (Å²) >= 11 is 1.70. The summed E-state index contributed by atoms with van der Waals surface area (Å²) in [4.78, 5) is 26.7. The minimum Gasteiger partial charge on any atom is -0.352 e. The zero-order valence-corrected chi connectivity index (χ0v) is 13.5. The van der Waals surface area contributed by atoms with Crippen molar-refractivity contribution in [2.45, 2.75) is 25.4 Å². The molecule has 1 atom stereocenters. The first-order valence-electron chi connectivity index (χ1n) is 7.62. The molecule has 3 amide bonds. The van der Waals surface area contributed by atoms with Gasteiger partial charge in [0.25, 0.3) is 5.91 Å². The van der Waals surface area contributed by atoms with Crippen LogP contribution in [0.5, 0.6) is 0 Å². The molecular weight excluding hydrogens is 310 g/mol. The van der Waals surface area contributed by atoms with Crippen molar-refractivity contribution in [1.29, 1.82) is 0 Å². The number of primary amides is 1. The van der Waals surface area contributed by atoms with Crippen molar-refractivity contribution in [1.82, 2.24) is 10.2 Å². The molecule has 120 valence electrons. The van der Waals surface area contributed by atoms with Crippen LogP contribution < -0.4 is 11.1 Å². The van der Waals surface area contributed by atoms with Crippen LogP contribution in [0.15, 0.2) is 41.8 Å². The molecule has 0 unspecified atom stereocenters. The normalized spacial score (nSPS) is 17.2. The van der Waals surface area contributed by atoms with Gasteiger partial charge in [0, 0.05) is 23.5 Å². The first-order chi connectivity index (χ1) is 11.1. The summed E-state index contributed by atoms with van der Waals surface area (Å²) in [5.74, 6) is 0.0651. The molecule has 0 saturated carbocycles. The maximum absolute atomic E-state index is 12.8. The fourth-order valence-electron chi connectivity index (χ4n) is 2.91. The molecule has 1 saturated heterocycles. The number of nitrogens with one attached hydrogen (secondary N) is 1. The van der Waals surface area contributed by atoms with Gasteiger partial charge in [-0.15, -0.1) is 11.3 Å². The van der Waals surface area contributed by atoms with E-state index in [1.165, 1.54) is 4.88 Å². The van der Waals surface area contributed by atoms with E-state index in [0.717, 1.165) is 24.9 Å². The lowest BCUT2D eigenvalue weighted by Crippen LogP contribution is -2.30. The molecule has 0 aliphatic carbocycles. The number of urea groups is 1. The highest BCUT2D eigenvalue weighted by atomic mass is 32.1. The number of amides is 3. The largest absolute Gasteiger partial charge is 0.352 e. The van der Waals surface area contributed by atoms with E-state index in [-0.39, 0.29) is 11.9 Å². The van der Waals surface area contributed by atoms with Gasteiger partial charge in [-0.3, -0.25) is 4.79 Å². The summed E-state index contributed by atoms with van der Waals surface area (Å²) in [6.07, 6.45) is 2.06. The molecule has 2 heterocycles. The molecule has 3 N–H and O–H groups in total. The van der Waals surface area contributed by atoms with E-state index in [9.17, 15) is 9.59 Å². The van der Waals surface area contributed by atoms with Gasteiger partial charge in [-0.1, -0.05) is 18.2 Å². The smallest absolute Gasteiger partial charge is 0.312 e. The Hall–Kier alpha value is -2.34. The van der Waals surface area contributed by atoms with Gasteiger partial charge < -0.3 is 16.0 Å². The highest BCUT2D eigenvalue weighted by Crippen LogP contribution is 2.35. The second kappa shape index (κ2) is 6.83. The van der Waals surface area contributed by atoms with Crippen molar-refractivity contribution in [3.05, 3.63) is 57.8 Å². The van der Waals surface area contributed by atoms with E-state index in [1.54, 1.807) is 11.3 Å². The maximum Gasteiger partial charge on any atom is 0.312 e. The molecule has 0 radical (unpaired) electrons. The zero-order valence-electron chi connectivity index (χ0n) is 12.7. The minimum absolute atomic E-state index is 0.0651. The van der Waals surface area contributed by atoms with Crippen molar-refractivity contribution in [3.63, 3.8) is 0 Å². The molecule has 1 aromatic carbocycles. The fraction of sp³-hybridized carbons (Fsp3) is 0.294. The molecular formula is C17H19N3O2S. The van der Waals surface area contributed by atoms with Crippen LogP contribution in [0.2, 0.25) is 0 Å². The van der Waals surface area contributed by atoms with Gasteiger partial charge in [-0.2, -0.15) is 0 Å². The number of nitrogens with zero attached hydrogens (tertiary/aromatic N) is 1. The van der Waals surface area contributed by atoms with Crippen LogP contribution in [0.3, 0.4) is 0 Å². The van der Waals surface area contributed by atoms with Crippen LogP contribution in [0, 0.1) is 0 Å². The summed E-state index contributed by atoms with van der Waals surface area (Å²) in [6.45, 7) is 1.16. The van der Waals surface area contributed by atoms with Gasteiger partial charge in [0.1, 0.15) is 0 Å². The van der Waals surface area contributed by atoms with Crippen LogP contribution >= 0.6 is 11.3 Å². The molecule has 1 aliphatic rings. The van der Waals surface area contributed by atoms with Crippen LogP contribution in [-0.4, -0.2) is 23.4 Å². The van der Waals surface area contributed by atoms with Gasteiger partial charge in [0.05, 0.1) is 6.04 Å². The molecule has 1 aliphatic heterocycles. The van der Waals surface area contributed by atoms with Gasteiger partial charge in [-0.05, 0) is 42.0 Å². The lowest BCUT2D eigenvalue weighted by Gasteiger charge is -2.24. The number of hydrogen-bond donors (Lipinski definition) is 2. The predicted octanol–water partition coefficient (Wildman–Crippen LogP) is 2.89. The molecule has 2 aromatic rings. The Morgan fingerprint density at radius 3 is 2.70 bits per heavy atom. The van der Waals surface area contributed by atoms with E-state index < -0.39 is 6.03 Å². The van der Waals surface area contributed by atoms with Gasteiger partial charge in [0.15, 0.2) is 0 Å². The van der Waals surface area contributed by atoms with E-state index >= 15 is 0 Å². The molecule has 3 rings (SSSR count). The van der Waals surface area contributed by atoms with Crippen molar-refractivity contribution >= 4 is 23.3 Å². The van der Waals surface area contributed by atoms with Crippen molar-refractivity contribution < 1.29 is 9.59 Å². The molecule has 0 spiro atoms. The van der Waals surface area contributed by atoms with Crippen molar-refractivity contribution in [3.8, 4) is 0 Å². The quantitative estimate of drug-likeness (QED) is 0.905. The van der Waals surface area contributed by atoms with Gasteiger partial charge in [-0.25, -0.2) is 4.79 Å².